The van der Waals surface area contributed by atoms with Crippen molar-refractivity contribution in [3.05, 3.63) is 35.9 Å². The summed E-state index contributed by atoms with van der Waals surface area (Å²) in [6.45, 7) is -0.265. The van der Waals surface area contributed by atoms with Gasteiger partial charge in [0.25, 0.3) is 0 Å². The van der Waals surface area contributed by atoms with Crippen LogP contribution in [0, 0.1) is 0 Å². The molecule has 0 bridgehead atoms. The lowest BCUT2D eigenvalue weighted by Gasteiger charge is -2.23. The van der Waals surface area contributed by atoms with Crippen LogP contribution in [0.4, 0.5) is 0 Å². The number of carboxylic acid groups (broad SMARTS) is 1. The fraction of sp³-hybridized carbons (Fsp3) is 0.474. The first-order chi connectivity index (χ1) is 14.3. The summed E-state index contributed by atoms with van der Waals surface area (Å²) in [5, 5.41) is 16.9. The number of carbonyl (C=O) groups is 4. The molecule has 9 nitrogen and oxygen atoms in total. The zero-order chi connectivity index (χ0) is 22.5. The van der Waals surface area contributed by atoms with Gasteiger partial charge in [0.05, 0.1) is 6.54 Å². The number of carboxylic acids is 1. The summed E-state index contributed by atoms with van der Waals surface area (Å²) < 4.78 is 0. The number of carbonyl (C=O) groups excluding carboxylic acids is 3. The van der Waals surface area contributed by atoms with E-state index in [0.717, 1.165) is 5.56 Å². The van der Waals surface area contributed by atoms with Gasteiger partial charge in [0, 0.05) is 12.2 Å². The Labute approximate surface area is 185 Å². The molecule has 3 atom stereocenters. The highest BCUT2D eigenvalue weighted by Gasteiger charge is 2.28. The number of hydrogen-bond acceptors (Lipinski definition) is 7. The molecule has 1 rings (SSSR count). The van der Waals surface area contributed by atoms with E-state index in [0.29, 0.717) is 12.2 Å². The van der Waals surface area contributed by atoms with E-state index in [4.69, 9.17) is 5.73 Å². The van der Waals surface area contributed by atoms with Gasteiger partial charge in [-0.25, -0.2) is 4.79 Å². The second-order valence-corrected chi connectivity index (χ2v) is 7.79. The molecule has 0 saturated heterocycles. The number of benzene rings is 1. The summed E-state index contributed by atoms with van der Waals surface area (Å²) in [6, 6.07) is 5.79. The van der Waals surface area contributed by atoms with Crippen LogP contribution in [0.15, 0.2) is 30.3 Å². The van der Waals surface area contributed by atoms with Crippen LogP contribution >= 0.6 is 24.4 Å². The molecular formula is C19H28N4O5S2. The van der Waals surface area contributed by atoms with Crippen molar-refractivity contribution in [2.45, 2.75) is 31.0 Å². The maximum atomic E-state index is 12.6. The molecule has 0 spiro atoms. The molecule has 30 heavy (non-hydrogen) atoms. The number of rotatable bonds is 13. The molecule has 0 heterocycles. The second-order valence-electron chi connectivity index (χ2n) is 6.44. The molecule has 11 heteroatoms. The lowest BCUT2D eigenvalue weighted by atomic mass is 10.1. The van der Waals surface area contributed by atoms with Crippen molar-refractivity contribution in [1.29, 1.82) is 0 Å². The predicted molar refractivity (Wildman–Crippen MR) is 119 cm³/mol. The van der Waals surface area contributed by atoms with E-state index in [9.17, 15) is 24.3 Å². The minimum absolute atomic E-state index is 0.0463. The Morgan fingerprint density at radius 1 is 1.03 bits per heavy atom. The van der Waals surface area contributed by atoms with Gasteiger partial charge >= 0.3 is 5.97 Å². The molecule has 0 saturated carbocycles. The molecule has 0 aliphatic heterocycles. The lowest BCUT2D eigenvalue weighted by molar-refractivity contribution is -0.142. The van der Waals surface area contributed by atoms with E-state index in [1.54, 1.807) is 30.3 Å². The van der Waals surface area contributed by atoms with Gasteiger partial charge in [0.2, 0.25) is 17.7 Å². The molecular weight excluding hydrogens is 428 g/mol. The van der Waals surface area contributed by atoms with Crippen LogP contribution < -0.4 is 21.7 Å². The average molecular weight is 457 g/mol. The molecule has 1 aromatic rings. The van der Waals surface area contributed by atoms with Gasteiger partial charge in [-0.2, -0.15) is 24.4 Å². The number of hydrogen-bond donors (Lipinski definition) is 6. The van der Waals surface area contributed by atoms with Gasteiger partial charge in [0.1, 0.15) is 18.1 Å². The van der Waals surface area contributed by atoms with Crippen molar-refractivity contribution in [3.8, 4) is 0 Å². The van der Waals surface area contributed by atoms with E-state index in [-0.39, 0.29) is 18.7 Å². The molecule has 0 radical (unpaired) electrons. The standard InChI is InChI=1S/C19H28N4O5S2/c1-30-8-7-13(21-16(24)10-20)17(25)23-15(11-29)18(26)22-14(19(27)28)9-12-5-3-2-4-6-12/h2-6,13-15,29H,7-11,20H2,1H3,(H,21,24)(H,22,26)(H,23,25)(H,27,28). The number of nitrogens with two attached hydrogens (primary N) is 1. The Kier molecular flexibility index (Phi) is 11.9. The highest BCUT2D eigenvalue weighted by molar-refractivity contribution is 7.98. The molecule has 0 aliphatic carbocycles. The zero-order valence-electron chi connectivity index (χ0n) is 16.7. The Bertz CT molecular complexity index is 720. The maximum Gasteiger partial charge on any atom is 0.326 e. The largest absolute Gasteiger partial charge is 0.480 e. The summed E-state index contributed by atoms with van der Waals surface area (Å²) in [5.74, 6) is -2.35. The summed E-state index contributed by atoms with van der Waals surface area (Å²) in [7, 11) is 0. The fourth-order valence-electron chi connectivity index (χ4n) is 2.55. The zero-order valence-corrected chi connectivity index (χ0v) is 18.4. The first-order valence-corrected chi connectivity index (χ1v) is 11.3. The summed E-state index contributed by atoms with van der Waals surface area (Å²) in [6.07, 6.45) is 2.31. The van der Waals surface area contributed by atoms with Crippen LogP contribution in [0.2, 0.25) is 0 Å². The van der Waals surface area contributed by atoms with Crippen LogP contribution in [-0.2, 0) is 25.6 Å². The Morgan fingerprint density at radius 3 is 2.17 bits per heavy atom. The summed E-state index contributed by atoms with van der Waals surface area (Å²) >= 11 is 5.60. The third kappa shape index (κ3) is 9.06. The molecule has 3 amide bonds. The monoisotopic (exact) mass is 456 g/mol. The van der Waals surface area contributed by atoms with Gasteiger partial charge in [-0.15, -0.1) is 0 Å². The third-order valence-electron chi connectivity index (χ3n) is 4.16. The Morgan fingerprint density at radius 2 is 1.63 bits per heavy atom. The van der Waals surface area contributed by atoms with E-state index in [1.807, 2.05) is 6.26 Å². The summed E-state index contributed by atoms with van der Waals surface area (Å²) in [4.78, 5) is 48.3. The van der Waals surface area contributed by atoms with Gasteiger partial charge in [-0.05, 0) is 24.0 Å². The fourth-order valence-corrected chi connectivity index (χ4v) is 3.27. The SMILES string of the molecule is CSCCC(NC(=O)CN)C(=O)NC(CS)C(=O)NC(Cc1ccccc1)C(=O)O. The Balaban J connectivity index is 2.79. The number of thiol groups is 1. The van der Waals surface area contributed by atoms with E-state index in [1.165, 1.54) is 11.8 Å². The molecule has 1 aromatic carbocycles. The highest BCUT2D eigenvalue weighted by atomic mass is 32.2. The Hall–Kier alpha value is -2.24. The lowest BCUT2D eigenvalue weighted by Crippen LogP contribution is -2.57. The highest BCUT2D eigenvalue weighted by Crippen LogP contribution is 2.05. The van der Waals surface area contributed by atoms with Crippen molar-refractivity contribution in [1.82, 2.24) is 16.0 Å². The van der Waals surface area contributed by atoms with Gasteiger partial charge in [-0.1, -0.05) is 30.3 Å². The van der Waals surface area contributed by atoms with Gasteiger partial charge < -0.3 is 26.8 Å². The molecule has 0 aromatic heterocycles. The molecule has 0 aliphatic rings. The number of aliphatic carboxylic acids is 1. The minimum Gasteiger partial charge on any atom is -0.480 e. The predicted octanol–water partition coefficient (Wildman–Crippen LogP) is -0.590. The van der Waals surface area contributed by atoms with E-state index in [2.05, 4.69) is 28.6 Å². The quantitative estimate of drug-likeness (QED) is 0.217. The average Bonchev–Trinajstić information content (AvgIpc) is 2.74. The van der Waals surface area contributed by atoms with Gasteiger partial charge in [-0.3, -0.25) is 14.4 Å². The van der Waals surface area contributed by atoms with E-state index >= 15 is 0 Å². The van der Waals surface area contributed by atoms with Crippen LogP contribution in [0.3, 0.4) is 0 Å². The maximum absolute atomic E-state index is 12.6. The number of thioether (sulfide) groups is 1. The van der Waals surface area contributed by atoms with E-state index < -0.39 is 41.8 Å². The van der Waals surface area contributed by atoms with Crippen LogP contribution in [-0.4, -0.2) is 71.2 Å². The molecule has 3 unspecified atom stereocenters. The van der Waals surface area contributed by atoms with Crippen molar-refractivity contribution >= 4 is 48.1 Å². The minimum atomic E-state index is -1.19. The first-order valence-electron chi connectivity index (χ1n) is 9.29. The topological polar surface area (TPSA) is 151 Å². The molecule has 0 fully saturated rings. The van der Waals surface area contributed by atoms with Crippen LogP contribution in [0.25, 0.3) is 0 Å². The van der Waals surface area contributed by atoms with Gasteiger partial charge in [0.15, 0.2) is 0 Å². The summed E-state index contributed by atoms with van der Waals surface area (Å²) in [5.41, 5.74) is 6.04. The molecule has 166 valence electrons. The third-order valence-corrected chi connectivity index (χ3v) is 5.17. The first kappa shape index (κ1) is 25.8. The van der Waals surface area contributed by atoms with Crippen molar-refractivity contribution in [3.63, 3.8) is 0 Å². The second kappa shape index (κ2) is 13.9. The number of amides is 3. The molecule has 6 N–H and O–H groups in total. The van der Waals surface area contributed by atoms with Crippen molar-refractivity contribution < 1.29 is 24.3 Å². The van der Waals surface area contributed by atoms with Crippen molar-refractivity contribution in [2.75, 3.05) is 24.3 Å². The number of nitrogens with one attached hydrogen (secondary N) is 3. The smallest absolute Gasteiger partial charge is 0.326 e. The normalized spacial score (nSPS) is 13.6. The van der Waals surface area contributed by atoms with Crippen LogP contribution in [0.5, 0.6) is 0 Å². The van der Waals surface area contributed by atoms with Crippen LogP contribution in [0.1, 0.15) is 12.0 Å². The van der Waals surface area contributed by atoms with Crippen molar-refractivity contribution in [2.24, 2.45) is 5.73 Å².